The zero-order chi connectivity index (χ0) is 11.6. The van der Waals surface area contributed by atoms with Crippen LogP contribution in [0.1, 0.15) is 56.7 Å². The standard InChI is InChI=1S/C13H21IN2/c1-2-3-4-5-6-7-8-13-9-12(10-14)11-15-16-13/h9,11H,2-8,10H2,1H3. The van der Waals surface area contributed by atoms with Crippen molar-refractivity contribution in [2.75, 3.05) is 0 Å². The molecule has 16 heavy (non-hydrogen) atoms. The van der Waals surface area contributed by atoms with Gasteiger partial charge in [0.25, 0.3) is 0 Å². The van der Waals surface area contributed by atoms with Gasteiger partial charge in [0.05, 0.1) is 11.9 Å². The highest BCUT2D eigenvalue weighted by atomic mass is 127. The fourth-order valence-corrected chi connectivity index (χ4v) is 2.16. The summed E-state index contributed by atoms with van der Waals surface area (Å²) in [7, 11) is 0. The van der Waals surface area contributed by atoms with E-state index in [2.05, 4.69) is 45.8 Å². The molecule has 0 N–H and O–H groups in total. The van der Waals surface area contributed by atoms with Gasteiger partial charge in [-0.05, 0) is 24.5 Å². The Labute approximate surface area is 112 Å². The van der Waals surface area contributed by atoms with E-state index in [0.717, 1.165) is 16.5 Å². The molecule has 0 aromatic carbocycles. The summed E-state index contributed by atoms with van der Waals surface area (Å²) in [5.41, 5.74) is 2.45. The molecule has 0 amide bonds. The fourth-order valence-electron chi connectivity index (χ4n) is 1.74. The number of rotatable bonds is 8. The Bertz CT molecular complexity index is 289. The Morgan fingerprint density at radius 2 is 1.88 bits per heavy atom. The summed E-state index contributed by atoms with van der Waals surface area (Å²) in [5, 5.41) is 8.20. The maximum absolute atomic E-state index is 4.17. The predicted molar refractivity (Wildman–Crippen MR) is 76.8 cm³/mol. The largest absolute Gasteiger partial charge is 0.159 e. The quantitative estimate of drug-likeness (QED) is 0.403. The van der Waals surface area contributed by atoms with Gasteiger partial charge in [-0.15, -0.1) is 0 Å². The Morgan fingerprint density at radius 1 is 1.12 bits per heavy atom. The average Bonchev–Trinajstić information content (AvgIpc) is 2.34. The number of alkyl halides is 1. The molecule has 1 aromatic heterocycles. The van der Waals surface area contributed by atoms with E-state index >= 15 is 0 Å². The zero-order valence-corrected chi connectivity index (χ0v) is 12.2. The van der Waals surface area contributed by atoms with Gasteiger partial charge in [-0.1, -0.05) is 61.6 Å². The number of hydrogen-bond acceptors (Lipinski definition) is 2. The third-order valence-corrected chi connectivity index (χ3v) is 3.58. The van der Waals surface area contributed by atoms with Crippen LogP contribution in [0.5, 0.6) is 0 Å². The second-order valence-electron chi connectivity index (χ2n) is 4.21. The zero-order valence-electron chi connectivity index (χ0n) is 10.1. The van der Waals surface area contributed by atoms with E-state index in [0.29, 0.717) is 0 Å². The molecule has 0 aliphatic rings. The van der Waals surface area contributed by atoms with Crippen molar-refractivity contribution in [3.8, 4) is 0 Å². The summed E-state index contributed by atoms with van der Waals surface area (Å²) in [6, 6.07) is 2.19. The van der Waals surface area contributed by atoms with Crippen LogP contribution >= 0.6 is 22.6 Å². The smallest absolute Gasteiger partial charge is 0.0634 e. The number of aryl methyl sites for hydroxylation is 1. The molecule has 90 valence electrons. The normalized spacial score (nSPS) is 10.6. The lowest BCUT2D eigenvalue weighted by Crippen LogP contribution is -1.95. The number of hydrogen-bond donors (Lipinski definition) is 0. The first-order valence-electron chi connectivity index (χ1n) is 6.23. The number of aromatic nitrogens is 2. The average molecular weight is 332 g/mol. The molecule has 1 aromatic rings. The summed E-state index contributed by atoms with van der Waals surface area (Å²) in [6.45, 7) is 2.26. The van der Waals surface area contributed by atoms with Gasteiger partial charge in [-0.3, -0.25) is 0 Å². The van der Waals surface area contributed by atoms with Crippen molar-refractivity contribution >= 4 is 22.6 Å². The lowest BCUT2D eigenvalue weighted by atomic mass is 10.1. The molecule has 2 nitrogen and oxygen atoms in total. The summed E-state index contributed by atoms with van der Waals surface area (Å²) in [4.78, 5) is 0. The summed E-state index contributed by atoms with van der Waals surface area (Å²) < 4.78 is 1.02. The van der Waals surface area contributed by atoms with Gasteiger partial charge < -0.3 is 0 Å². The molecule has 0 saturated heterocycles. The lowest BCUT2D eigenvalue weighted by molar-refractivity contribution is 0.602. The minimum absolute atomic E-state index is 1.02. The van der Waals surface area contributed by atoms with Gasteiger partial charge in [0.2, 0.25) is 0 Å². The van der Waals surface area contributed by atoms with Crippen LogP contribution in [0.3, 0.4) is 0 Å². The Morgan fingerprint density at radius 3 is 2.62 bits per heavy atom. The van der Waals surface area contributed by atoms with Gasteiger partial charge >= 0.3 is 0 Å². The number of unbranched alkanes of at least 4 members (excludes halogenated alkanes) is 5. The highest BCUT2D eigenvalue weighted by Gasteiger charge is 1.98. The third-order valence-electron chi connectivity index (χ3n) is 2.70. The first-order chi connectivity index (χ1) is 7.86. The van der Waals surface area contributed by atoms with Crippen LogP contribution < -0.4 is 0 Å². The van der Waals surface area contributed by atoms with Crippen LogP contribution in [0.4, 0.5) is 0 Å². The molecule has 0 atom stereocenters. The van der Waals surface area contributed by atoms with Gasteiger partial charge in [-0.2, -0.15) is 10.2 Å². The Balaban J connectivity index is 2.16. The second-order valence-corrected chi connectivity index (χ2v) is 4.97. The molecule has 3 heteroatoms. The van der Waals surface area contributed by atoms with E-state index in [1.54, 1.807) is 0 Å². The monoisotopic (exact) mass is 332 g/mol. The van der Waals surface area contributed by atoms with Crippen molar-refractivity contribution < 1.29 is 0 Å². The minimum atomic E-state index is 1.02. The van der Waals surface area contributed by atoms with Gasteiger partial charge in [-0.25, -0.2) is 0 Å². The van der Waals surface area contributed by atoms with Crippen molar-refractivity contribution in [2.45, 2.75) is 56.3 Å². The lowest BCUT2D eigenvalue weighted by Gasteiger charge is -2.02. The Hall–Kier alpha value is -0.190. The van der Waals surface area contributed by atoms with E-state index in [1.807, 2.05) is 6.20 Å². The van der Waals surface area contributed by atoms with Crippen molar-refractivity contribution in [1.29, 1.82) is 0 Å². The molecular formula is C13H21IN2. The first-order valence-corrected chi connectivity index (χ1v) is 7.75. The van der Waals surface area contributed by atoms with Gasteiger partial charge in [0, 0.05) is 4.43 Å². The van der Waals surface area contributed by atoms with Crippen LogP contribution in [0.25, 0.3) is 0 Å². The highest BCUT2D eigenvalue weighted by molar-refractivity contribution is 14.1. The number of nitrogens with zero attached hydrogens (tertiary/aromatic N) is 2. The molecule has 0 fully saturated rings. The second kappa shape index (κ2) is 8.90. The van der Waals surface area contributed by atoms with Crippen LogP contribution in [0, 0.1) is 0 Å². The van der Waals surface area contributed by atoms with E-state index in [1.165, 1.54) is 44.1 Å². The van der Waals surface area contributed by atoms with E-state index in [4.69, 9.17) is 0 Å². The SMILES string of the molecule is CCCCCCCCc1cc(CI)cnn1. The molecule has 0 aliphatic heterocycles. The number of halogens is 1. The fraction of sp³-hybridized carbons (Fsp3) is 0.692. The summed E-state index contributed by atoms with van der Waals surface area (Å²) in [5.74, 6) is 0. The predicted octanol–water partition coefficient (Wildman–Crippen LogP) is 4.31. The third kappa shape index (κ3) is 5.77. The van der Waals surface area contributed by atoms with Crippen LogP contribution in [0.15, 0.2) is 12.3 Å². The van der Waals surface area contributed by atoms with Crippen molar-refractivity contribution in [3.05, 3.63) is 23.5 Å². The molecule has 0 saturated carbocycles. The Kier molecular flexibility index (Phi) is 7.72. The molecule has 0 spiro atoms. The van der Waals surface area contributed by atoms with Crippen LogP contribution in [0.2, 0.25) is 0 Å². The van der Waals surface area contributed by atoms with Crippen LogP contribution in [-0.2, 0) is 10.8 Å². The highest BCUT2D eigenvalue weighted by Crippen LogP contribution is 2.10. The molecule has 0 bridgehead atoms. The molecule has 1 rings (SSSR count). The molecule has 0 unspecified atom stereocenters. The molecule has 1 heterocycles. The van der Waals surface area contributed by atoms with E-state index < -0.39 is 0 Å². The topological polar surface area (TPSA) is 25.8 Å². The maximum Gasteiger partial charge on any atom is 0.0634 e. The van der Waals surface area contributed by atoms with Crippen molar-refractivity contribution in [2.24, 2.45) is 0 Å². The first kappa shape index (κ1) is 13.9. The minimum Gasteiger partial charge on any atom is -0.159 e. The van der Waals surface area contributed by atoms with Crippen molar-refractivity contribution in [3.63, 3.8) is 0 Å². The van der Waals surface area contributed by atoms with Crippen molar-refractivity contribution in [1.82, 2.24) is 10.2 Å². The summed E-state index contributed by atoms with van der Waals surface area (Å²) in [6.07, 6.45) is 11.0. The molecular weight excluding hydrogens is 311 g/mol. The van der Waals surface area contributed by atoms with Crippen LogP contribution in [-0.4, -0.2) is 10.2 Å². The molecule has 0 radical (unpaired) electrons. The van der Waals surface area contributed by atoms with E-state index in [9.17, 15) is 0 Å². The molecule has 0 aliphatic carbocycles. The van der Waals surface area contributed by atoms with E-state index in [-0.39, 0.29) is 0 Å². The maximum atomic E-state index is 4.17. The van der Waals surface area contributed by atoms with Gasteiger partial charge in [0.1, 0.15) is 0 Å². The van der Waals surface area contributed by atoms with Gasteiger partial charge in [0.15, 0.2) is 0 Å². The summed E-state index contributed by atoms with van der Waals surface area (Å²) >= 11 is 2.36.